The monoisotopic (exact) mass is 306 g/mol. The van der Waals surface area contributed by atoms with E-state index in [4.69, 9.17) is 0 Å². The number of halogens is 1. The summed E-state index contributed by atoms with van der Waals surface area (Å²) < 4.78 is 0.748. The Morgan fingerprint density at radius 3 is 2.78 bits per heavy atom. The van der Waals surface area contributed by atoms with E-state index < -0.39 is 0 Å². The molecule has 18 heavy (non-hydrogen) atoms. The van der Waals surface area contributed by atoms with Crippen molar-refractivity contribution >= 4 is 27.5 Å². The molecule has 0 spiro atoms. The predicted octanol–water partition coefficient (Wildman–Crippen LogP) is 2.83. The first-order valence-electron chi connectivity index (χ1n) is 5.25. The minimum atomic E-state index is -0.186. The molecule has 0 saturated heterocycles. The maximum absolute atomic E-state index is 12.2. The van der Waals surface area contributed by atoms with Crippen molar-refractivity contribution < 1.29 is 9.90 Å². The molecule has 1 amide bonds. The van der Waals surface area contributed by atoms with Gasteiger partial charge < -0.3 is 10.0 Å². The molecule has 1 aromatic heterocycles. The van der Waals surface area contributed by atoms with Crippen molar-refractivity contribution in [3.8, 4) is 5.75 Å². The van der Waals surface area contributed by atoms with Gasteiger partial charge in [-0.05, 0) is 34.1 Å². The molecule has 2 aromatic rings. The van der Waals surface area contributed by atoms with Crippen LogP contribution in [-0.4, -0.2) is 23.0 Å². The van der Waals surface area contributed by atoms with Gasteiger partial charge in [-0.3, -0.25) is 9.78 Å². The summed E-state index contributed by atoms with van der Waals surface area (Å²) in [5.41, 5.74) is 1.11. The summed E-state index contributed by atoms with van der Waals surface area (Å²) in [6.07, 6.45) is 3.12. The molecular formula is C13H11BrN2O2. The zero-order valence-corrected chi connectivity index (χ0v) is 11.3. The van der Waals surface area contributed by atoms with E-state index in [0.29, 0.717) is 11.3 Å². The fourth-order valence-electron chi connectivity index (χ4n) is 1.54. The predicted molar refractivity (Wildman–Crippen MR) is 72.8 cm³/mol. The van der Waals surface area contributed by atoms with E-state index in [-0.39, 0.29) is 11.7 Å². The fourth-order valence-corrected chi connectivity index (χ4v) is 1.91. The lowest BCUT2D eigenvalue weighted by atomic mass is 10.2. The number of hydrogen-bond acceptors (Lipinski definition) is 3. The van der Waals surface area contributed by atoms with Gasteiger partial charge in [0, 0.05) is 35.7 Å². The van der Waals surface area contributed by atoms with Crippen LogP contribution in [0.2, 0.25) is 0 Å². The van der Waals surface area contributed by atoms with Gasteiger partial charge in [0.1, 0.15) is 5.75 Å². The highest BCUT2D eigenvalue weighted by Gasteiger charge is 2.14. The third kappa shape index (κ3) is 2.68. The number of carbonyl (C=O) groups is 1. The molecule has 0 radical (unpaired) electrons. The van der Waals surface area contributed by atoms with Gasteiger partial charge in [-0.25, -0.2) is 0 Å². The van der Waals surface area contributed by atoms with Crippen molar-refractivity contribution in [2.45, 2.75) is 0 Å². The van der Waals surface area contributed by atoms with Crippen molar-refractivity contribution in [1.29, 1.82) is 0 Å². The first kappa shape index (κ1) is 12.6. The maximum atomic E-state index is 12.2. The second kappa shape index (κ2) is 5.18. The summed E-state index contributed by atoms with van der Waals surface area (Å²) in [6, 6.07) is 8.23. The van der Waals surface area contributed by atoms with Gasteiger partial charge in [-0.2, -0.15) is 0 Å². The molecule has 1 heterocycles. The second-order valence-corrected chi connectivity index (χ2v) is 4.69. The Bertz CT molecular complexity index is 587. The molecule has 0 fully saturated rings. The lowest BCUT2D eigenvalue weighted by Gasteiger charge is -2.17. The SMILES string of the molecule is CN(C(=O)c1cncc(Br)c1)c1cccc(O)c1. The van der Waals surface area contributed by atoms with E-state index in [1.165, 1.54) is 17.2 Å². The molecule has 92 valence electrons. The standard InChI is InChI=1S/C13H11BrN2O2/c1-16(11-3-2-4-12(17)6-11)13(18)9-5-10(14)8-15-7-9/h2-8,17H,1H3. The van der Waals surface area contributed by atoms with Crippen LogP contribution in [-0.2, 0) is 0 Å². The Morgan fingerprint density at radius 2 is 2.11 bits per heavy atom. The van der Waals surface area contributed by atoms with E-state index in [9.17, 15) is 9.90 Å². The van der Waals surface area contributed by atoms with E-state index in [2.05, 4.69) is 20.9 Å². The molecular weight excluding hydrogens is 296 g/mol. The Morgan fingerprint density at radius 1 is 1.33 bits per heavy atom. The topological polar surface area (TPSA) is 53.4 Å². The Balaban J connectivity index is 2.29. The van der Waals surface area contributed by atoms with Gasteiger partial charge in [-0.15, -0.1) is 0 Å². The summed E-state index contributed by atoms with van der Waals surface area (Å²) in [5, 5.41) is 9.40. The van der Waals surface area contributed by atoms with E-state index in [1.54, 1.807) is 37.5 Å². The number of pyridine rings is 1. The van der Waals surface area contributed by atoms with Gasteiger partial charge in [0.15, 0.2) is 0 Å². The minimum absolute atomic E-state index is 0.125. The Hall–Kier alpha value is -1.88. The van der Waals surface area contributed by atoms with Gasteiger partial charge in [0.25, 0.3) is 5.91 Å². The van der Waals surface area contributed by atoms with Crippen molar-refractivity contribution in [2.24, 2.45) is 0 Å². The summed E-state index contributed by atoms with van der Waals surface area (Å²) in [7, 11) is 1.65. The largest absolute Gasteiger partial charge is 0.508 e. The number of aromatic hydroxyl groups is 1. The highest BCUT2D eigenvalue weighted by Crippen LogP contribution is 2.21. The normalized spacial score (nSPS) is 10.1. The van der Waals surface area contributed by atoms with E-state index >= 15 is 0 Å². The van der Waals surface area contributed by atoms with E-state index in [1.807, 2.05) is 0 Å². The number of carbonyl (C=O) groups excluding carboxylic acids is 1. The van der Waals surface area contributed by atoms with Crippen LogP contribution >= 0.6 is 15.9 Å². The number of benzene rings is 1. The van der Waals surface area contributed by atoms with Crippen LogP contribution < -0.4 is 4.90 Å². The quantitative estimate of drug-likeness (QED) is 0.928. The van der Waals surface area contributed by atoms with Crippen LogP contribution in [0.3, 0.4) is 0 Å². The Labute approximate surface area is 113 Å². The number of nitrogens with zero attached hydrogens (tertiary/aromatic N) is 2. The molecule has 2 rings (SSSR count). The summed E-state index contributed by atoms with van der Waals surface area (Å²) in [6.45, 7) is 0. The summed E-state index contributed by atoms with van der Waals surface area (Å²) >= 11 is 3.27. The van der Waals surface area contributed by atoms with Crippen molar-refractivity contribution in [3.05, 3.63) is 52.8 Å². The van der Waals surface area contributed by atoms with Crippen molar-refractivity contribution in [3.63, 3.8) is 0 Å². The van der Waals surface area contributed by atoms with Crippen LogP contribution in [0.4, 0.5) is 5.69 Å². The van der Waals surface area contributed by atoms with Crippen molar-refractivity contribution in [1.82, 2.24) is 4.98 Å². The zero-order chi connectivity index (χ0) is 13.1. The third-order valence-corrected chi connectivity index (χ3v) is 2.91. The molecule has 5 heteroatoms. The highest BCUT2D eigenvalue weighted by atomic mass is 79.9. The molecule has 0 saturated carbocycles. The summed E-state index contributed by atoms with van der Waals surface area (Å²) in [5.74, 6) is -0.0612. The average molecular weight is 307 g/mol. The second-order valence-electron chi connectivity index (χ2n) is 3.78. The molecule has 0 aliphatic carbocycles. The smallest absolute Gasteiger partial charge is 0.259 e. The van der Waals surface area contributed by atoms with Gasteiger partial charge in [0.05, 0.1) is 5.56 Å². The third-order valence-electron chi connectivity index (χ3n) is 2.47. The molecule has 0 aliphatic rings. The molecule has 4 nitrogen and oxygen atoms in total. The molecule has 1 N–H and O–H groups in total. The van der Waals surface area contributed by atoms with Gasteiger partial charge in [0.2, 0.25) is 0 Å². The molecule has 0 aliphatic heterocycles. The number of amides is 1. The maximum Gasteiger partial charge on any atom is 0.259 e. The number of phenols is 1. The number of hydrogen-bond donors (Lipinski definition) is 1. The fraction of sp³-hybridized carbons (Fsp3) is 0.0769. The lowest BCUT2D eigenvalue weighted by molar-refractivity contribution is 0.0992. The van der Waals surface area contributed by atoms with Crippen LogP contribution in [0, 0.1) is 0 Å². The number of aromatic nitrogens is 1. The van der Waals surface area contributed by atoms with Gasteiger partial charge >= 0.3 is 0 Å². The summed E-state index contributed by atoms with van der Waals surface area (Å²) in [4.78, 5) is 17.6. The minimum Gasteiger partial charge on any atom is -0.508 e. The van der Waals surface area contributed by atoms with E-state index in [0.717, 1.165) is 4.47 Å². The highest BCUT2D eigenvalue weighted by molar-refractivity contribution is 9.10. The molecule has 0 bridgehead atoms. The number of anilines is 1. The number of rotatable bonds is 2. The van der Waals surface area contributed by atoms with Crippen LogP contribution in [0.15, 0.2) is 47.2 Å². The van der Waals surface area contributed by atoms with Crippen molar-refractivity contribution in [2.75, 3.05) is 11.9 Å². The van der Waals surface area contributed by atoms with Crippen LogP contribution in [0.5, 0.6) is 5.75 Å². The zero-order valence-electron chi connectivity index (χ0n) is 9.67. The first-order chi connectivity index (χ1) is 8.58. The average Bonchev–Trinajstić information content (AvgIpc) is 2.37. The van der Waals surface area contributed by atoms with Crippen LogP contribution in [0.25, 0.3) is 0 Å². The molecule has 0 unspecified atom stereocenters. The lowest BCUT2D eigenvalue weighted by Crippen LogP contribution is -2.26. The molecule has 0 atom stereocenters. The van der Waals surface area contributed by atoms with Crippen LogP contribution in [0.1, 0.15) is 10.4 Å². The van der Waals surface area contributed by atoms with Gasteiger partial charge in [-0.1, -0.05) is 6.07 Å². The Kier molecular flexibility index (Phi) is 3.62. The number of phenolic OH excluding ortho intramolecular Hbond substituents is 1. The molecule has 1 aromatic carbocycles. The first-order valence-corrected chi connectivity index (χ1v) is 6.05.